The molecule has 3 nitrogen and oxygen atoms in total. The van der Waals surface area contributed by atoms with Crippen molar-refractivity contribution < 1.29 is 0 Å². The van der Waals surface area contributed by atoms with Gasteiger partial charge in [-0.2, -0.15) is 0 Å². The van der Waals surface area contributed by atoms with Crippen molar-refractivity contribution >= 4 is 11.6 Å². The smallest absolute Gasteiger partial charge is 0.0513 e. The molecule has 0 atom stereocenters. The standard InChI is InChI=1S/C8H8ClN3/c1-6-4-8(9)3-2-7(6)5-11-12-10/h2-4H,5H2,1H3. The highest BCUT2D eigenvalue weighted by molar-refractivity contribution is 6.30. The Hall–Kier alpha value is -1.18. The lowest BCUT2D eigenvalue weighted by Gasteiger charge is -2.01. The summed E-state index contributed by atoms with van der Waals surface area (Å²) in [6, 6.07) is 5.51. The zero-order valence-corrected chi connectivity index (χ0v) is 7.41. The van der Waals surface area contributed by atoms with Gasteiger partial charge in [0, 0.05) is 9.93 Å². The van der Waals surface area contributed by atoms with Crippen LogP contribution in [0.25, 0.3) is 10.4 Å². The molecule has 0 aromatic heterocycles. The summed E-state index contributed by atoms with van der Waals surface area (Å²) >= 11 is 5.75. The predicted molar refractivity (Wildman–Crippen MR) is 49.0 cm³/mol. The van der Waals surface area contributed by atoms with Crippen LogP contribution in [-0.2, 0) is 6.54 Å². The topological polar surface area (TPSA) is 48.8 Å². The first kappa shape index (κ1) is 8.91. The van der Waals surface area contributed by atoms with Crippen LogP contribution in [0.1, 0.15) is 11.1 Å². The quantitative estimate of drug-likeness (QED) is 0.381. The average molecular weight is 182 g/mol. The zero-order chi connectivity index (χ0) is 8.97. The lowest BCUT2D eigenvalue weighted by atomic mass is 10.1. The lowest BCUT2D eigenvalue weighted by Crippen LogP contribution is -1.85. The van der Waals surface area contributed by atoms with Crippen LogP contribution in [0.15, 0.2) is 23.3 Å². The number of hydrogen-bond acceptors (Lipinski definition) is 1. The summed E-state index contributed by atoms with van der Waals surface area (Å²) in [6.07, 6.45) is 0. The van der Waals surface area contributed by atoms with Crippen molar-refractivity contribution in [2.45, 2.75) is 13.5 Å². The van der Waals surface area contributed by atoms with Crippen LogP contribution in [0.3, 0.4) is 0 Å². The van der Waals surface area contributed by atoms with Crippen LogP contribution in [0, 0.1) is 6.92 Å². The van der Waals surface area contributed by atoms with Crippen molar-refractivity contribution in [2.24, 2.45) is 5.11 Å². The third-order valence-electron chi connectivity index (χ3n) is 1.61. The number of azide groups is 1. The van der Waals surface area contributed by atoms with Gasteiger partial charge in [-0.3, -0.25) is 0 Å². The molecule has 0 bridgehead atoms. The van der Waals surface area contributed by atoms with E-state index in [2.05, 4.69) is 10.0 Å². The molecule has 0 radical (unpaired) electrons. The molecule has 1 rings (SSSR count). The van der Waals surface area contributed by atoms with E-state index in [0.717, 1.165) is 11.1 Å². The number of halogens is 1. The molecule has 0 aliphatic heterocycles. The maximum absolute atomic E-state index is 8.11. The van der Waals surface area contributed by atoms with Crippen molar-refractivity contribution in [2.75, 3.05) is 0 Å². The maximum Gasteiger partial charge on any atom is 0.0513 e. The van der Waals surface area contributed by atoms with Crippen molar-refractivity contribution in [3.8, 4) is 0 Å². The first-order valence-electron chi connectivity index (χ1n) is 3.50. The van der Waals surface area contributed by atoms with Crippen LogP contribution in [0.2, 0.25) is 5.02 Å². The molecular formula is C8H8ClN3. The van der Waals surface area contributed by atoms with Gasteiger partial charge in [-0.25, -0.2) is 0 Å². The molecule has 0 saturated heterocycles. The van der Waals surface area contributed by atoms with Crippen molar-refractivity contribution in [1.82, 2.24) is 0 Å². The van der Waals surface area contributed by atoms with Gasteiger partial charge in [0.2, 0.25) is 0 Å². The highest BCUT2D eigenvalue weighted by Crippen LogP contribution is 2.15. The van der Waals surface area contributed by atoms with Crippen LogP contribution < -0.4 is 0 Å². The van der Waals surface area contributed by atoms with E-state index >= 15 is 0 Å². The Morgan fingerprint density at radius 1 is 1.58 bits per heavy atom. The van der Waals surface area contributed by atoms with Crippen LogP contribution in [0.4, 0.5) is 0 Å². The van der Waals surface area contributed by atoms with Gasteiger partial charge in [-0.15, -0.1) is 0 Å². The number of nitrogens with zero attached hydrogens (tertiary/aromatic N) is 3. The Kier molecular flexibility index (Phi) is 2.97. The van der Waals surface area contributed by atoms with E-state index in [1.807, 2.05) is 19.1 Å². The molecular weight excluding hydrogens is 174 g/mol. The van der Waals surface area contributed by atoms with Crippen LogP contribution in [0.5, 0.6) is 0 Å². The van der Waals surface area contributed by atoms with Gasteiger partial charge in [0.25, 0.3) is 0 Å². The van der Waals surface area contributed by atoms with Gasteiger partial charge in [0.15, 0.2) is 0 Å². The second-order valence-electron chi connectivity index (χ2n) is 2.46. The van der Waals surface area contributed by atoms with E-state index in [0.29, 0.717) is 11.6 Å². The van der Waals surface area contributed by atoms with E-state index in [-0.39, 0.29) is 0 Å². The fourth-order valence-corrected chi connectivity index (χ4v) is 1.17. The molecule has 62 valence electrons. The van der Waals surface area contributed by atoms with Crippen LogP contribution in [-0.4, -0.2) is 0 Å². The minimum absolute atomic E-state index is 0.388. The van der Waals surface area contributed by atoms with Gasteiger partial charge in [0.1, 0.15) is 0 Å². The number of hydrogen-bond donors (Lipinski definition) is 0. The molecule has 0 saturated carbocycles. The van der Waals surface area contributed by atoms with E-state index in [1.165, 1.54) is 0 Å². The molecule has 0 fully saturated rings. The van der Waals surface area contributed by atoms with E-state index in [9.17, 15) is 0 Å². The molecule has 1 aromatic rings. The van der Waals surface area contributed by atoms with Gasteiger partial charge >= 0.3 is 0 Å². The Labute approximate surface area is 75.6 Å². The maximum atomic E-state index is 8.11. The molecule has 0 unspecified atom stereocenters. The van der Waals surface area contributed by atoms with Gasteiger partial charge in [-0.05, 0) is 35.7 Å². The molecule has 0 heterocycles. The number of rotatable bonds is 2. The first-order valence-corrected chi connectivity index (χ1v) is 3.87. The molecule has 0 aliphatic carbocycles. The molecule has 0 spiro atoms. The van der Waals surface area contributed by atoms with E-state index < -0.39 is 0 Å². The summed E-state index contributed by atoms with van der Waals surface area (Å²) in [6.45, 7) is 2.33. The van der Waals surface area contributed by atoms with Crippen molar-refractivity contribution in [3.05, 3.63) is 44.8 Å². The summed E-state index contributed by atoms with van der Waals surface area (Å²) < 4.78 is 0. The first-order chi connectivity index (χ1) is 5.74. The number of aryl methyl sites for hydroxylation is 1. The van der Waals surface area contributed by atoms with Gasteiger partial charge in [0.05, 0.1) is 6.54 Å². The Morgan fingerprint density at radius 3 is 2.92 bits per heavy atom. The largest absolute Gasteiger partial charge is 0.0893 e. The normalized spacial score (nSPS) is 9.17. The summed E-state index contributed by atoms with van der Waals surface area (Å²) in [4.78, 5) is 2.69. The molecule has 12 heavy (non-hydrogen) atoms. The molecule has 0 amide bonds. The highest BCUT2D eigenvalue weighted by atomic mass is 35.5. The monoisotopic (exact) mass is 181 g/mol. The predicted octanol–water partition coefficient (Wildman–Crippen LogP) is 3.46. The SMILES string of the molecule is Cc1cc(Cl)ccc1CN=[N+]=[N-]. The highest BCUT2D eigenvalue weighted by Gasteiger charge is 1.96. The second kappa shape index (κ2) is 4.00. The van der Waals surface area contributed by atoms with E-state index in [4.69, 9.17) is 17.1 Å². The fourth-order valence-electron chi connectivity index (χ4n) is 0.944. The van der Waals surface area contributed by atoms with Gasteiger partial charge in [-0.1, -0.05) is 22.8 Å². The minimum atomic E-state index is 0.388. The third-order valence-corrected chi connectivity index (χ3v) is 1.84. The summed E-state index contributed by atoms with van der Waals surface area (Å²) in [5, 5.41) is 4.18. The van der Waals surface area contributed by atoms with Gasteiger partial charge < -0.3 is 0 Å². The molecule has 1 aromatic carbocycles. The second-order valence-corrected chi connectivity index (χ2v) is 2.90. The van der Waals surface area contributed by atoms with Crippen molar-refractivity contribution in [1.29, 1.82) is 0 Å². The van der Waals surface area contributed by atoms with E-state index in [1.54, 1.807) is 6.07 Å². The summed E-state index contributed by atoms with van der Waals surface area (Å²) in [5.41, 5.74) is 10.2. The molecule has 4 heteroatoms. The minimum Gasteiger partial charge on any atom is -0.0893 e. The molecule has 0 N–H and O–H groups in total. The molecule has 0 aliphatic rings. The third kappa shape index (κ3) is 2.16. The number of benzene rings is 1. The average Bonchev–Trinajstić information content (AvgIpc) is 2.03. The van der Waals surface area contributed by atoms with Crippen LogP contribution >= 0.6 is 11.6 Å². The zero-order valence-electron chi connectivity index (χ0n) is 6.66. The summed E-state index contributed by atoms with van der Waals surface area (Å²) in [5.74, 6) is 0. The Balaban J connectivity index is 2.93. The lowest BCUT2D eigenvalue weighted by molar-refractivity contribution is 1.03. The Morgan fingerprint density at radius 2 is 2.33 bits per heavy atom. The summed E-state index contributed by atoms with van der Waals surface area (Å²) in [7, 11) is 0. The Bertz CT molecular complexity index is 329. The fraction of sp³-hybridized carbons (Fsp3) is 0.250. The van der Waals surface area contributed by atoms with Crippen molar-refractivity contribution in [3.63, 3.8) is 0 Å².